The highest BCUT2D eigenvalue weighted by Crippen LogP contribution is 2.55. The predicted octanol–water partition coefficient (Wildman–Crippen LogP) is 19.8. The second-order valence-electron chi connectivity index (χ2n) is 30.5. The van der Waals surface area contributed by atoms with Crippen molar-refractivity contribution in [3.63, 3.8) is 0 Å². The van der Waals surface area contributed by atoms with E-state index in [0.717, 1.165) is 29.9 Å². The van der Waals surface area contributed by atoms with Crippen molar-refractivity contribution in [1.29, 1.82) is 0 Å². The summed E-state index contributed by atoms with van der Waals surface area (Å²) >= 11 is 0. The summed E-state index contributed by atoms with van der Waals surface area (Å²) in [5, 5.41) is 0. The minimum absolute atomic E-state index is 0.00307. The van der Waals surface area contributed by atoms with Crippen molar-refractivity contribution in [1.82, 2.24) is 0 Å². The molecule has 0 unspecified atom stereocenters. The number of para-hydroxylation sites is 2. The number of hydrogen-bond acceptors (Lipinski definition) is 3. The number of rotatable bonds is 6. The number of fused-ring (bicyclic) bond motifs is 6. The normalized spacial score (nSPS) is 17.4. The van der Waals surface area contributed by atoms with Gasteiger partial charge in [0.05, 0.1) is 5.69 Å². The molecule has 8 aromatic rings. The Balaban J connectivity index is 1.23. The predicted molar refractivity (Wildman–Crippen MR) is 352 cm³/mol. The van der Waals surface area contributed by atoms with Gasteiger partial charge in [-0.3, -0.25) is 0 Å². The second-order valence-corrected chi connectivity index (χ2v) is 30.5. The van der Waals surface area contributed by atoms with Crippen LogP contribution in [0.15, 0.2) is 158 Å². The summed E-state index contributed by atoms with van der Waals surface area (Å²) in [4.78, 5) is 7.89. The van der Waals surface area contributed by atoms with Crippen LogP contribution in [0.5, 0.6) is 0 Å². The van der Waals surface area contributed by atoms with Crippen LogP contribution in [-0.2, 0) is 37.9 Å². The fraction of sp³-hybridized carbons (Fsp3) is 0.377. The first-order valence-corrected chi connectivity index (χ1v) is 30.4. The van der Waals surface area contributed by atoms with Gasteiger partial charge in [-0.25, -0.2) is 0 Å². The highest BCUT2D eigenvalue weighted by Gasteiger charge is 2.48. The number of nitrogens with zero attached hydrogens (tertiary/aromatic N) is 3. The van der Waals surface area contributed by atoms with Crippen LogP contribution in [-0.4, -0.2) is 6.71 Å². The van der Waals surface area contributed by atoms with Gasteiger partial charge in [0.15, 0.2) is 0 Å². The lowest BCUT2D eigenvalue weighted by Crippen LogP contribution is -2.62. The van der Waals surface area contributed by atoms with Crippen LogP contribution in [0.25, 0.3) is 11.1 Å². The Hall–Kier alpha value is -6.78. The van der Waals surface area contributed by atoms with Crippen LogP contribution in [0, 0.1) is 6.92 Å². The Kier molecular flexibility index (Phi) is 12.6. The molecule has 0 radical (unpaired) electrons. The summed E-state index contributed by atoms with van der Waals surface area (Å²) < 4.78 is 0. The van der Waals surface area contributed by atoms with Crippen molar-refractivity contribution in [2.75, 3.05) is 14.7 Å². The zero-order chi connectivity index (χ0) is 57.7. The topological polar surface area (TPSA) is 9.72 Å². The number of hydrogen-bond donors (Lipinski definition) is 0. The molecule has 4 heteroatoms. The molecule has 0 saturated heterocycles. The Labute approximate surface area is 487 Å². The van der Waals surface area contributed by atoms with Gasteiger partial charge < -0.3 is 14.7 Å². The third-order valence-corrected chi connectivity index (χ3v) is 19.8. The van der Waals surface area contributed by atoms with Crippen LogP contribution < -0.4 is 31.1 Å². The van der Waals surface area contributed by atoms with Gasteiger partial charge in [0.2, 0.25) is 0 Å². The van der Waals surface area contributed by atoms with Crippen molar-refractivity contribution in [3.8, 4) is 11.1 Å². The lowest BCUT2D eigenvalue weighted by Gasteiger charge is -2.48. The SMILES string of the molecule is Cc1ccc(C(C)(C)C)cc1N1c2cc(N(c3ccccc3)c3ccccc3)ccc2B2c3cc4c(cc3N(c3ccc(C(C)(C)C)cc3-c3ccc5c(c3)C(C)(C)CCC5(C)C)c3cc(C(C)(C)C)cc1c32)C(C)(C)CCC4(C)C. The van der Waals surface area contributed by atoms with Gasteiger partial charge in [-0.2, -0.15) is 0 Å². The summed E-state index contributed by atoms with van der Waals surface area (Å²) in [7, 11) is 0. The summed E-state index contributed by atoms with van der Waals surface area (Å²) in [6, 6.07) is 62.1. The molecule has 0 spiro atoms. The molecule has 0 saturated carbocycles. The maximum absolute atomic E-state index is 2.76. The summed E-state index contributed by atoms with van der Waals surface area (Å²) in [5.74, 6) is 0. The largest absolute Gasteiger partial charge is 0.311 e. The molecular formula is C77H88BN3. The van der Waals surface area contributed by atoms with Crippen molar-refractivity contribution in [2.24, 2.45) is 0 Å². The van der Waals surface area contributed by atoms with Gasteiger partial charge in [0.25, 0.3) is 6.71 Å². The minimum atomic E-state index is -0.182. The molecule has 3 nitrogen and oxygen atoms in total. The number of anilines is 9. The van der Waals surface area contributed by atoms with Crippen LogP contribution in [0.1, 0.15) is 188 Å². The van der Waals surface area contributed by atoms with Crippen LogP contribution >= 0.6 is 0 Å². The lowest BCUT2D eigenvalue weighted by atomic mass is 9.33. The molecule has 0 atom stereocenters. The highest BCUT2D eigenvalue weighted by atomic mass is 15.2. The van der Waals surface area contributed by atoms with Crippen molar-refractivity contribution >= 4 is 74.3 Å². The maximum atomic E-state index is 2.76. The molecule has 2 heterocycles. The standard InChI is InChI=1S/C77H88BN3/c1-49-29-31-52(72(5,6)7)43-65(49)81-66-46-56(79(54-25-21-19-22-26-54)55-27-23-20-24-28-55)33-35-62(66)78-63-47-60-61(77(17,18)40-39-76(60,15)16)48-67(63)80(68-44-53(73(8,9)10)45-69(81)70(68)78)64-36-32-51(71(2,3)4)42-57(64)50-30-34-58-59(41-50)75(13,14)38-37-74(58,11)12/h19-36,41-48H,37-40H2,1-18H3. The first-order chi connectivity index (χ1) is 37.9. The van der Waals surface area contributed by atoms with Crippen LogP contribution in [0.4, 0.5) is 51.2 Å². The lowest BCUT2D eigenvalue weighted by molar-refractivity contribution is 0.332. The molecule has 0 amide bonds. The van der Waals surface area contributed by atoms with Gasteiger partial charge in [-0.15, -0.1) is 0 Å². The zero-order valence-corrected chi connectivity index (χ0v) is 52.3. The quantitative estimate of drug-likeness (QED) is 0.154. The molecule has 414 valence electrons. The van der Waals surface area contributed by atoms with Gasteiger partial charge in [-0.05, 0) is 210 Å². The van der Waals surface area contributed by atoms with Crippen molar-refractivity contribution < 1.29 is 0 Å². The smallest absolute Gasteiger partial charge is 0.252 e. The fourth-order valence-electron chi connectivity index (χ4n) is 14.2. The van der Waals surface area contributed by atoms with Crippen LogP contribution in [0.3, 0.4) is 0 Å². The number of benzene rings is 8. The molecule has 4 aliphatic rings. The monoisotopic (exact) mass is 1070 g/mol. The van der Waals surface area contributed by atoms with E-state index in [1.54, 1.807) is 0 Å². The van der Waals surface area contributed by atoms with E-state index < -0.39 is 0 Å². The Morgan fingerprint density at radius 3 is 1.40 bits per heavy atom. The molecule has 81 heavy (non-hydrogen) atoms. The molecule has 2 aliphatic heterocycles. The van der Waals surface area contributed by atoms with Crippen molar-refractivity contribution in [3.05, 3.63) is 202 Å². The van der Waals surface area contributed by atoms with E-state index in [4.69, 9.17) is 0 Å². The summed E-state index contributed by atoms with van der Waals surface area (Å²) in [6.45, 7) is 43.5. The van der Waals surface area contributed by atoms with E-state index >= 15 is 0 Å². The van der Waals surface area contributed by atoms with E-state index in [1.807, 2.05) is 0 Å². The third kappa shape index (κ3) is 9.17. The average Bonchev–Trinajstić information content (AvgIpc) is 2.37. The van der Waals surface area contributed by atoms with Gasteiger partial charge in [0.1, 0.15) is 0 Å². The molecular weight excluding hydrogens is 978 g/mol. The maximum Gasteiger partial charge on any atom is 0.252 e. The first-order valence-electron chi connectivity index (χ1n) is 30.4. The molecule has 0 N–H and O–H groups in total. The first kappa shape index (κ1) is 54.8. The average molecular weight is 1070 g/mol. The van der Waals surface area contributed by atoms with Gasteiger partial charge >= 0.3 is 0 Å². The summed E-state index contributed by atoms with van der Waals surface area (Å²) in [5.41, 5.74) is 28.6. The van der Waals surface area contributed by atoms with Crippen molar-refractivity contribution in [2.45, 2.75) is 188 Å². The Morgan fingerprint density at radius 2 is 0.840 bits per heavy atom. The molecule has 2 aliphatic carbocycles. The Bertz CT molecular complexity index is 3760. The molecule has 0 bridgehead atoms. The van der Waals surface area contributed by atoms with E-state index in [9.17, 15) is 0 Å². The molecule has 0 fully saturated rings. The third-order valence-electron chi connectivity index (χ3n) is 19.8. The van der Waals surface area contributed by atoms with E-state index in [0.29, 0.717) is 0 Å². The number of aryl methyl sites for hydroxylation is 1. The summed E-state index contributed by atoms with van der Waals surface area (Å²) in [6.07, 6.45) is 4.65. The van der Waals surface area contributed by atoms with Gasteiger partial charge in [-0.1, -0.05) is 203 Å². The van der Waals surface area contributed by atoms with E-state index in [1.165, 1.54) is 119 Å². The minimum Gasteiger partial charge on any atom is -0.311 e. The fourth-order valence-corrected chi connectivity index (χ4v) is 14.2. The van der Waals surface area contributed by atoms with Crippen LogP contribution in [0.2, 0.25) is 0 Å². The van der Waals surface area contributed by atoms with E-state index in [-0.39, 0.29) is 44.6 Å². The van der Waals surface area contributed by atoms with Gasteiger partial charge in [0, 0.05) is 51.1 Å². The van der Waals surface area contributed by atoms with E-state index in [2.05, 4.69) is 297 Å². The molecule has 12 rings (SSSR count). The Morgan fingerprint density at radius 1 is 0.370 bits per heavy atom. The molecule has 8 aromatic carbocycles. The zero-order valence-electron chi connectivity index (χ0n) is 52.3. The molecule has 0 aromatic heterocycles. The second kappa shape index (κ2) is 18.6. The highest BCUT2D eigenvalue weighted by molar-refractivity contribution is 7.00.